The van der Waals surface area contributed by atoms with Gasteiger partial charge in [0.05, 0.1) is 31.2 Å². The summed E-state index contributed by atoms with van der Waals surface area (Å²) in [6.45, 7) is 1.95. The van der Waals surface area contributed by atoms with Crippen molar-refractivity contribution in [2.24, 2.45) is 11.7 Å². The van der Waals surface area contributed by atoms with E-state index in [1.54, 1.807) is 0 Å². The maximum atomic E-state index is 12.1. The van der Waals surface area contributed by atoms with Crippen LogP contribution in [0.15, 0.2) is 6.07 Å². The molecule has 0 fully saturated rings. The highest BCUT2D eigenvalue weighted by molar-refractivity contribution is 7.80. The van der Waals surface area contributed by atoms with Gasteiger partial charge in [-0.25, -0.2) is 0 Å². The monoisotopic (exact) mass is 298 g/mol. The second-order valence-electron chi connectivity index (χ2n) is 4.01. The lowest BCUT2D eigenvalue weighted by Gasteiger charge is -2.14. The van der Waals surface area contributed by atoms with Gasteiger partial charge >= 0.3 is 0 Å². The highest BCUT2D eigenvalue weighted by atomic mass is 32.1. The van der Waals surface area contributed by atoms with Crippen LogP contribution in [0.3, 0.4) is 0 Å². The molecule has 7 nitrogen and oxygen atoms in total. The van der Waals surface area contributed by atoms with E-state index in [4.69, 9.17) is 27.4 Å². The van der Waals surface area contributed by atoms with Gasteiger partial charge in [0, 0.05) is 0 Å². The summed E-state index contributed by atoms with van der Waals surface area (Å²) in [4.78, 5) is 20.3. The number of carbonyl (C=O) groups excluding carboxylic acids is 1. The largest absolute Gasteiger partial charge is 0.481 e. The third-order valence-electron chi connectivity index (χ3n) is 2.57. The van der Waals surface area contributed by atoms with Gasteiger partial charge in [0.1, 0.15) is 0 Å². The van der Waals surface area contributed by atoms with E-state index in [9.17, 15) is 4.79 Å². The Morgan fingerprint density at radius 3 is 2.35 bits per heavy atom. The van der Waals surface area contributed by atoms with Crippen LogP contribution in [-0.4, -0.2) is 35.1 Å². The third kappa shape index (κ3) is 4.30. The molecule has 1 heterocycles. The Hall–Kier alpha value is -1.96. The van der Waals surface area contributed by atoms with Crippen LogP contribution in [-0.2, 0) is 4.79 Å². The molecule has 1 aromatic heterocycles. The molecule has 3 N–H and O–H groups in total. The summed E-state index contributed by atoms with van der Waals surface area (Å²) in [5.74, 6) is -0.224. The van der Waals surface area contributed by atoms with E-state index in [2.05, 4.69) is 15.3 Å². The van der Waals surface area contributed by atoms with Gasteiger partial charge in [0.25, 0.3) is 0 Å². The van der Waals surface area contributed by atoms with Crippen molar-refractivity contribution in [3.8, 4) is 11.8 Å². The van der Waals surface area contributed by atoms with Crippen molar-refractivity contribution in [2.75, 3.05) is 19.5 Å². The first kappa shape index (κ1) is 16.1. The molecule has 0 aliphatic heterocycles. The number of anilines is 1. The summed E-state index contributed by atoms with van der Waals surface area (Å²) in [5, 5.41) is 2.57. The molecule has 8 heteroatoms. The number of carbonyl (C=O) groups is 1. The first-order valence-corrected chi connectivity index (χ1v) is 6.49. The van der Waals surface area contributed by atoms with Crippen LogP contribution in [0.4, 0.5) is 5.95 Å². The molecule has 1 rings (SSSR count). The summed E-state index contributed by atoms with van der Waals surface area (Å²) >= 11 is 4.90. The van der Waals surface area contributed by atoms with E-state index < -0.39 is 5.92 Å². The van der Waals surface area contributed by atoms with Gasteiger partial charge in [-0.1, -0.05) is 25.6 Å². The first-order valence-electron chi connectivity index (χ1n) is 6.09. The lowest BCUT2D eigenvalue weighted by Crippen LogP contribution is -2.33. The molecule has 0 radical (unpaired) electrons. The topological polar surface area (TPSA) is 99.4 Å². The maximum Gasteiger partial charge on any atom is 0.236 e. The number of aromatic nitrogens is 2. The standard InChI is InChI=1S/C12H18N4O3S/c1-4-5-7(10(13)20)11(17)16-12-14-8(18-2)6-9(15-12)19-3/h6-7H,4-5H2,1-3H3,(H2,13,20)(H,14,15,16,17). The zero-order chi connectivity index (χ0) is 15.1. The van der Waals surface area contributed by atoms with Crippen LogP contribution in [0.5, 0.6) is 11.8 Å². The number of hydrogen-bond acceptors (Lipinski definition) is 6. The van der Waals surface area contributed by atoms with Gasteiger partial charge in [-0.05, 0) is 6.42 Å². The quantitative estimate of drug-likeness (QED) is 0.728. The van der Waals surface area contributed by atoms with Crippen LogP contribution in [0.1, 0.15) is 19.8 Å². The number of rotatable bonds is 7. The summed E-state index contributed by atoms with van der Waals surface area (Å²) in [5.41, 5.74) is 5.57. The molecule has 0 saturated heterocycles. The number of hydrogen-bond donors (Lipinski definition) is 2. The minimum atomic E-state index is -0.546. The highest BCUT2D eigenvalue weighted by Gasteiger charge is 2.21. The first-order chi connectivity index (χ1) is 9.51. The van der Waals surface area contributed by atoms with E-state index >= 15 is 0 Å². The number of nitrogens with one attached hydrogen (secondary N) is 1. The van der Waals surface area contributed by atoms with Crippen molar-refractivity contribution in [1.29, 1.82) is 0 Å². The van der Waals surface area contributed by atoms with Gasteiger partial charge in [0.15, 0.2) is 0 Å². The SMILES string of the molecule is CCCC(C(=O)Nc1nc(OC)cc(OC)n1)C(N)=S. The smallest absolute Gasteiger partial charge is 0.236 e. The van der Waals surface area contributed by atoms with Gasteiger partial charge in [-0.15, -0.1) is 0 Å². The molecule has 0 bridgehead atoms. The summed E-state index contributed by atoms with van der Waals surface area (Å²) in [7, 11) is 2.92. The normalized spacial score (nSPS) is 11.6. The van der Waals surface area contributed by atoms with Gasteiger partial charge in [-0.2, -0.15) is 9.97 Å². The molecule has 0 spiro atoms. The molecule has 1 aromatic rings. The second-order valence-corrected chi connectivity index (χ2v) is 4.48. The molecule has 1 atom stereocenters. The summed E-state index contributed by atoms with van der Waals surface area (Å²) in [6.07, 6.45) is 1.36. The molecular formula is C12H18N4O3S. The Morgan fingerprint density at radius 2 is 1.95 bits per heavy atom. The summed E-state index contributed by atoms with van der Waals surface area (Å²) < 4.78 is 10.0. The Morgan fingerprint density at radius 1 is 1.40 bits per heavy atom. The molecule has 0 aromatic carbocycles. The molecule has 1 amide bonds. The molecular weight excluding hydrogens is 280 g/mol. The van der Waals surface area contributed by atoms with Crippen molar-refractivity contribution >= 4 is 29.1 Å². The molecule has 1 unspecified atom stereocenters. The van der Waals surface area contributed by atoms with E-state index in [1.807, 2.05) is 6.92 Å². The van der Waals surface area contributed by atoms with Crippen LogP contribution in [0.25, 0.3) is 0 Å². The Bertz CT molecular complexity index is 473. The maximum absolute atomic E-state index is 12.1. The fourth-order valence-electron chi connectivity index (χ4n) is 1.56. The predicted molar refractivity (Wildman–Crippen MR) is 78.9 cm³/mol. The van der Waals surface area contributed by atoms with E-state index in [0.717, 1.165) is 6.42 Å². The number of amides is 1. The molecule has 110 valence electrons. The van der Waals surface area contributed by atoms with E-state index in [-0.39, 0.29) is 28.6 Å². The highest BCUT2D eigenvalue weighted by Crippen LogP contribution is 2.18. The fraction of sp³-hybridized carbons (Fsp3) is 0.500. The minimum Gasteiger partial charge on any atom is -0.481 e. The number of nitrogens with zero attached hydrogens (tertiary/aromatic N) is 2. The molecule has 0 saturated carbocycles. The number of methoxy groups -OCH3 is 2. The van der Waals surface area contributed by atoms with Crippen molar-refractivity contribution in [2.45, 2.75) is 19.8 Å². The number of ether oxygens (including phenoxy) is 2. The van der Waals surface area contributed by atoms with Crippen LogP contribution in [0, 0.1) is 5.92 Å². The zero-order valence-corrected chi connectivity index (χ0v) is 12.5. The second kappa shape index (κ2) is 7.59. The average molecular weight is 298 g/mol. The summed E-state index contributed by atoms with van der Waals surface area (Å²) in [6, 6.07) is 1.51. The lowest BCUT2D eigenvalue weighted by molar-refractivity contribution is -0.118. The molecule has 20 heavy (non-hydrogen) atoms. The number of thiocarbonyl (C=S) groups is 1. The molecule has 0 aliphatic rings. The minimum absolute atomic E-state index is 0.0866. The van der Waals surface area contributed by atoms with Crippen molar-refractivity contribution in [3.63, 3.8) is 0 Å². The van der Waals surface area contributed by atoms with E-state index in [0.29, 0.717) is 6.42 Å². The molecule has 0 aliphatic carbocycles. The fourth-order valence-corrected chi connectivity index (χ4v) is 1.78. The van der Waals surface area contributed by atoms with Gasteiger partial charge in [0.2, 0.25) is 23.6 Å². The third-order valence-corrected chi connectivity index (χ3v) is 2.85. The van der Waals surface area contributed by atoms with Crippen molar-refractivity contribution in [1.82, 2.24) is 9.97 Å². The zero-order valence-electron chi connectivity index (χ0n) is 11.7. The predicted octanol–water partition coefficient (Wildman–Crippen LogP) is 1.13. The Kier molecular flexibility index (Phi) is 6.10. The van der Waals surface area contributed by atoms with Crippen molar-refractivity contribution in [3.05, 3.63) is 6.07 Å². The van der Waals surface area contributed by atoms with Crippen molar-refractivity contribution < 1.29 is 14.3 Å². The van der Waals surface area contributed by atoms with E-state index in [1.165, 1.54) is 20.3 Å². The lowest BCUT2D eigenvalue weighted by atomic mass is 10.0. The Labute approximate surface area is 122 Å². The van der Waals surface area contributed by atoms with Gasteiger partial charge < -0.3 is 15.2 Å². The Balaban J connectivity index is 2.91. The average Bonchev–Trinajstić information content (AvgIpc) is 2.43. The number of nitrogens with two attached hydrogens (primary N) is 1. The van der Waals surface area contributed by atoms with Crippen LogP contribution in [0.2, 0.25) is 0 Å². The van der Waals surface area contributed by atoms with Gasteiger partial charge in [-0.3, -0.25) is 10.1 Å². The van der Waals surface area contributed by atoms with Crippen LogP contribution >= 0.6 is 12.2 Å². The van der Waals surface area contributed by atoms with Crippen LogP contribution < -0.4 is 20.5 Å².